The molecule has 2 N–H and O–H groups in total. The third-order valence-electron chi connectivity index (χ3n) is 7.45. The van der Waals surface area contributed by atoms with Crippen molar-refractivity contribution < 1.29 is 14.7 Å². The van der Waals surface area contributed by atoms with E-state index in [2.05, 4.69) is 55.3 Å². The summed E-state index contributed by atoms with van der Waals surface area (Å²) in [6.07, 6.45) is 3.92. The Balaban J connectivity index is 1.46. The van der Waals surface area contributed by atoms with Gasteiger partial charge in [-0.3, -0.25) is 14.5 Å². The number of unbranched alkanes of at least 4 members (excludes halogenated alkanes) is 1. The van der Waals surface area contributed by atoms with Gasteiger partial charge in [0.15, 0.2) is 0 Å². The van der Waals surface area contributed by atoms with Crippen LogP contribution in [0, 0.1) is 5.92 Å². The lowest BCUT2D eigenvalue weighted by molar-refractivity contribution is -0.161. The van der Waals surface area contributed by atoms with E-state index in [4.69, 9.17) is 0 Å². The van der Waals surface area contributed by atoms with Gasteiger partial charge in [0.2, 0.25) is 11.8 Å². The summed E-state index contributed by atoms with van der Waals surface area (Å²) < 4.78 is 0. The van der Waals surface area contributed by atoms with Crippen LogP contribution in [0.25, 0.3) is 11.1 Å². The lowest BCUT2D eigenvalue weighted by Crippen LogP contribution is -2.73. The Hall–Kier alpha value is -2.86. The van der Waals surface area contributed by atoms with Crippen molar-refractivity contribution in [2.45, 2.75) is 71.0 Å². The van der Waals surface area contributed by atoms with E-state index in [1.807, 2.05) is 17.0 Å². The van der Waals surface area contributed by atoms with Gasteiger partial charge >= 0.3 is 0 Å². The monoisotopic (exact) mass is 477 g/mol. The number of likely N-dealkylation sites (tertiary alicyclic amines) is 1. The number of benzene rings is 2. The maximum absolute atomic E-state index is 13.4. The van der Waals surface area contributed by atoms with Crippen LogP contribution in [0.15, 0.2) is 48.5 Å². The Morgan fingerprint density at radius 1 is 1.06 bits per heavy atom. The van der Waals surface area contributed by atoms with Crippen molar-refractivity contribution in [2.75, 3.05) is 19.6 Å². The molecule has 0 saturated carbocycles. The minimum Gasteiger partial charge on any atom is -0.508 e. The standard InChI is InChI=1S/C29H39N3O3/c1-4-5-14-32-27(34)26(17-21(2)3)30-28(35)29(32)12-15-31(16-13-29)20-22-8-6-9-23(18-22)24-10-7-11-25(33)19-24/h6-11,18-19,21,26,33H,4-5,12-17,20H2,1-3H3,(H,30,35). The predicted molar refractivity (Wildman–Crippen MR) is 139 cm³/mol. The third-order valence-corrected chi connectivity index (χ3v) is 7.45. The van der Waals surface area contributed by atoms with Gasteiger partial charge in [-0.1, -0.05) is 57.5 Å². The Labute approximate surface area is 209 Å². The molecular formula is C29H39N3O3. The van der Waals surface area contributed by atoms with Crippen molar-refractivity contribution in [1.82, 2.24) is 15.1 Å². The quantitative estimate of drug-likeness (QED) is 0.584. The van der Waals surface area contributed by atoms with Crippen LogP contribution in [-0.2, 0) is 16.1 Å². The van der Waals surface area contributed by atoms with Crippen LogP contribution in [0.5, 0.6) is 5.75 Å². The van der Waals surface area contributed by atoms with Crippen LogP contribution < -0.4 is 5.32 Å². The van der Waals surface area contributed by atoms with Crippen LogP contribution in [0.4, 0.5) is 0 Å². The molecule has 1 spiro atoms. The minimum absolute atomic E-state index is 0.0318. The van der Waals surface area contributed by atoms with E-state index >= 15 is 0 Å². The molecule has 2 aliphatic rings. The molecule has 6 nitrogen and oxygen atoms in total. The molecule has 0 aliphatic carbocycles. The van der Waals surface area contributed by atoms with Gasteiger partial charge in [0.25, 0.3) is 0 Å². The second kappa shape index (κ2) is 10.8. The van der Waals surface area contributed by atoms with Crippen molar-refractivity contribution in [1.29, 1.82) is 0 Å². The number of aromatic hydroxyl groups is 1. The van der Waals surface area contributed by atoms with Gasteiger partial charge in [-0.15, -0.1) is 0 Å². The van der Waals surface area contributed by atoms with Crippen LogP contribution in [-0.4, -0.2) is 57.9 Å². The summed E-state index contributed by atoms with van der Waals surface area (Å²) >= 11 is 0. The number of carbonyl (C=O) groups is 2. The van der Waals surface area contributed by atoms with Crippen molar-refractivity contribution in [3.63, 3.8) is 0 Å². The molecule has 4 rings (SSSR count). The Bertz CT molecular complexity index is 1040. The van der Waals surface area contributed by atoms with Gasteiger partial charge in [0.1, 0.15) is 17.3 Å². The number of piperidine rings is 1. The predicted octanol–water partition coefficient (Wildman–Crippen LogP) is 4.57. The van der Waals surface area contributed by atoms with Crippen LogP contribution in [0.2, 0.25) is 0 Å². The molecule has 2 heterocycles. The molecule has 1 unspecified atom stereocenters. The van der Waals surface area contributed by atoms with Crippen molar-refractivity contribution in [2.24, 2.45) is 5.92 Å². The molecule has 0 aromatic heterocycles. The highest BCUT2D eigenvalue weighted by atomic mass is 16.3. The van der Waals surface area contributed by atoms with E-state index in [1.165, 1.54) is 5.56 Å². The summed E-state index contributed by atoms with van der Waals surface area (Å²) in [6.45, 7) is 9.30. The fourth-order valence-electron chi connectivity index (χ4n) is 5.52. The van der Waals surface area contributed by atoms with E-state index in [9.17, 15) is 14.7 Å². The van der Waals surface area contributed by atoms with E-state index in [1.54, 1.807) is 12.1 Å². The number of hydrogen-bond donors (Lipinski definition) is 2. The Kier molecular flexibility index (Phi) is 7.80. The molecule has 6 heteroatoms. The molecule has 2 aliphatic heterocycles. The first-order valence-corrected chi connectivity index (χ1v) is 13.1. The molecule has 2 aromatic rings. The summed E-state index contributed by atoms with van der Waals surface area (Å²) in [5, 5.41) is 12.9. The highest BCUT2D eigenvalue weighted by molar-refractivity contribution is 6.00. The molecule has 2 saturated heterocycles. The average Bonchev–Trinajstić information content (AvgIpc) is 2.84. The largest absolute Gasteiger partial charge is 0.508 e. The lowest BCUT2D eigenvalue weighted by atomic mass is 9.80. The first kappa shape index (κ1) is 25.2. The van der Waals surface area contributed by atoms with Gasteiger partial charge in [0.05, 0.1) is 0 Å². The molecular weight excluding hydrogens is 438 g/mol. The van der Waals surface area contributed by atoms with Gasteiger partial charge in [-0.05, 0) is 66.5 Å². The summed E-state index contributed by atoms with van der Waals surface area (Å²) in [4.78, 5) is 31.2. The number of rotatable bonds is 8. The van der Waals surface area contributed by atoms with Gasteiger partial charge in [0, 0.05) is 26.2 Å². The summed E-state index contributed by atoms with van der Waals surface area (Å²) in [5.74, 6) is 0.741. The molecule has 35 heavy (non-hydrogen) atoms. The second-order valence-electron chi connectivity index (χ2n) is 10.6. The highest BCUT2D eigenvalue weighted by Crippen LogP contribution is 2.35. The number of amides is 2. The first-order chi connectivity index (χ1) is 16.8. The van der Waals surface area contributed by atoms with Gasteiger partial charge in [-0.25, -0.2) is 0 Å². The van der Waals surface area contributed by atoms with E-state index in [-0.39, 0.29) is 17.6 Å². The van der Waals surface area contributed by atoms with Crippen molar-refractivity contribution in [3.05, 3.63) is 54.1 Å². The Morgan fingerprint density at radius 2 is 1.74 bits per heavy atom. The normalized spacial score (nSPS) is 20.5. The zero-order chi connectivity index (χ0) is 25.0. The molecule has 2 fully saturated rings. The van der Waals surface area contributed by atoms with Crippen LogP contribution in [0.1, 0.15) is 58.4 Å². The molecule has 2 aromatic carbocycles. The van der Waals surface area contributed by atoms with Crippen molar-refractivity contribution in [3.8, 4) is 16.9 Å². The molecule has 188 valence electrons. The van der Waals surface area contributed by atoms with Crippen LogP contribution >= 0.6 is 0 Å². The zero-order valence-electron chi connectivity index (χ0n) is 21.3. The summed E-state index contributed by atoms with van der Waals surface area (Å²) in [5.41, 5.74) is 2.54. The summed E-state index contributed by atoms with van der Waals surface area (Å²) in [6, 6.07) is 15.3. The van der Waals surface area contributed by atoms with E-state index in [0.717, 1.165) is 43.6 Å². The summed E-state index contributed by atoms with van der Waals surface area (Å²) in [7, 11) is 0. The number of hydrogen-bond acceptors (Lipinski definition) is 4. The maximum Gasteiger partial charge on any atom is 0.246 e. The maximum atomic E-state index is 13.4. The third kappa shape index (κ3) is 5.53. The smallest absolute Gasteiger partial charge is 0.246 e. The number of nitrogens with zero attached hydrogens (tertiary/aromatic N) is 2. The number of carbonyl (C=O) groups excluding carboxylic acids is 2. The second-order valence-corrected chi connectivity index (χ2v) is 10.6. The molecule has 2 amide bonds. The number of nitrogens with one attached hydrogen (secondary N) is 1. The molecule has 0 bridgehead atoms. The number of phenolic OH excluding ortho intramolecular Hbond substituents is 1. The lowest BCUT2D eigenvalue weighted by Gasteiger charge is -2.52. The van der Waals surface area contributed by atoms with Gasteiger partial charge in [-0.2, -0.15) is 0 Å². The Morgan fingerprint density at radius 3 is 2.40 bits per heavy atom. The molecule has 1 atom stereocenters. The zero-order valence-corrected chi connectivity index (χ0v) is 21.3. The fourth-order valence-corrected chi connectivity index (χ4v) is 5.52. The van der Waals surface area contributed by atoms with E-state index in [0.29, 0.717) is 31.7 Å². The average molecular weight is 478 g/mol. The minimum atomic E-state index is -0.723. The van der Waals surface area contributed by atoms with E-state index < -0.39 is 11.6 Å². The fraction of sp³-hybridized carbons (Fsp3) is 0.517. The molecule has 0 radical (unpaired) electrons. The number of phenols is 1. The van der Waals surface area contributed by atoms with Crippen LogP contribution in [0.3, 0.4) is 0 Å². The number of piperazine rings is 1. The SMILES string of the molecule is CCCCN1C(=O)C(CC(C)C)NC(=O)C12CCN(Cc1cccc(-c3cccc(O)c3)c1)CC2. The highest BCUT2D eigenvalue weighted by Gasteiger charge is 2.53. The first-order valence-electron chi connectivity index (χ1n) is 13.1. The van der Waals surface area contributed by atoms with Gasteiger partial charge < -0.3 is 15.3 Å². The topological polar surface area (TPSA) is 72.9 Å². The van der Waals surface area contributed by atoms with Crippen molar-refractivity contribution >= 4 is 11.8 Å².